The van der Waals surface area contributed by atoms with E-state index in [0.29, 0.717) is 24.0 Å². The minimum absolute atomic E-state index is 0.0135. The van der Waals surface area contributed by atoms with Crippen LogP contribution in [-0.2, 0) is 11.2 Å². The molecule has 0 spiro atoms. The van der Waals surface area contributed by atoms with E-state index in [1.807, 2.05) is 0 Å². The number of rotatable bonds is 5. The van der Waals surface area contributed by atoms with Gasteiger partial charge in [0.15, 0.2) is 4.90 Å². The fourth-order valence-corrected chi connectivity index (χ4v) is 3.81. The Morgan fingerprint density at radius 1 is 1.11 bits per heavy atom. The molecule has 1 aromatic carbocycles. The predicted molar refractivity (Wildman–Crippen MR) is 91.7 cm³/mol. The normalized spacial score (nSPS) is 17.6. The molecule has 0 heterocycles. The number of aliphatic imine (C=N–C) groups is 1. The summed E-state index contributed by atoms with van der Waals surface area (Å²) < 4.78 is 87.3. The van der Waals surface area contributed by atoms with Crippen molar-refractivity contribution < 1.29 is 30.9 Å². The van der Waals surface area contributed by atoms with Gasteiger partial charge in [-0.2, -0.15) is 26.3 Å². The Morgan fingerprint density at radius 2 is 1.74 bits per heavy atom. The topological polar surface area (TPSA) is 47.5 Å². The van der Waals surface area contributed by atoms with Crippen molar-refractivity contribution in [1.82, 2.24) is 5.32 Å². The van der Waals surface area contributed by atoms with E-state index in [0.717, 1.165) is 6.42 Å². The quantitative estimate of drug-likeness (QED) is 0.321. The highest BCUT2D eigenvalue weighted by Crippen LogP contribution is 2.33. The summed E-state index contributed by atoms with van der Waals surface area (Å²) in [7, 11) is 0. The van der Waals surface area contributed by atoms with E-state index in [1.54, 1.807) is 19.9 Å². The van der Waals surface area contributed by atoms with Crippen molar-refractivity contribution in [3.8, 4) is 0 Å². The highest BCUT2D eigenvalue weighted by atomic mass is 32.2. The van der Waals surface area contributed by atoms with Crippen LogP contribution < -0.4 is 5.32 Å². The number of halogens is 6. The van der Waals surface area contributed by atoms with Crippen molar-refractivity contribution >= 4 is 22.7 Å². The molecular formula is C17H20F6N2OS. The lowest BCUT2D eigenvalue weighted by Gasteiger charge is -2.28. The lowest BCUT2D eigenvalue weighted by Crippen LogP contribution is -2.40. The first-order valence-corrected chi connectivity index (χ1v) is 9.63. The zero-order valence-corrected chi connectivity index (χ0v) is 15.6. The van der Waals surface area contributed by atoms with E-state index >= 15 is 0 Å². The summed E-state index contributed by atoms with van der Waals surface area (Å²) in [6.07, 6.45) is -6.72. The third-order valence-electron chi connectivity index (χ3n) is 4.24. The summed E-state index contributed by atoms with van der Waals surface area (Å²) in [5.74, 6) is -1.46. The first-order chi connectivity index (χ1) is 12.4. The third-order valence-corrected chi connectivity index (χ3v) is 5.76. The molecule has 1 aliphatic rings. The van der Waals surface area contributed by atoms with Crippen molar-refractivity contribution in [3.05, 3.63) is 23.3 Å². The lowest BCUT2D eigenvalue weighted by atomic mass is 9.84. The van der Waals surface area contributed by atoms with Crippen LogP contribution in [0.25, 0.3) is 0 Å². The molecule has 1 atom stereocenters. The van der Waals surface area contributed by atoms with Crippen molar-refractivity contribution in [2.45, 2.75) is 50.4 Å². The van der Waals surface area contributed by atoms with Gasteiger partial charge in [0.1, 0.15) is 12.4 Å². The van der Waals surface area contributed by atoms with Gasteiger partial charge in [-0.15, -0.1) is 0 Å². The molecule has 27 heavy (non-hydrogen) atoms. The SMILES string of the molecule is Cc1cc(C)c([S+]([O-])CC(F)(F)F)cc1/N=C(\NCC(F)(F)F)C1CCC1. The smallest absolute Gasteiger partial charge is 0.433 e. The molecule has 0 saturated heterocycles. The molecule has 2 rings (SSSR count). The van der Waals surface area contributed by atoms with E-state index in [9.17, 15) is 30.9 Å². The molecule has 152 valence electrons. The van der Waals surface area contributed by atoms with Crippen molar-refractivity contribution in [3.63, 3.8) is 0 Å². The van der Waals surface area contributed by atoms with Gasteiger partial charge in [0.05, 0.1) is 5.69 Å². The second-order valence-electron chi connectivity index (χ2n) is 6.60. The molecule has 1 unspecified atom stereocenters. The molecule has 0 bridgehead atoms. The van der Waals surface area contributed by atoms with Crippen LogP contribution in [-0.4, -0.2) is 35.0 Å². The average molecular weight is 414 g/mol. The molecule has 0 aliphatic heterocycles. The van der Waals surface area contributed by atoms with Gasteiger partial charge in [-0.1, -0.05) is 6.42 Å². The number of nitrogens with zero attached hydrogens (tertiary/aromatic N) is 1. The number of benzene rings is 1. The van der Waals surface area contributed by atoms with Gasteiger partial charge in [-0.05, 0) is 49.5 Å². The number of amidine groups is 1. The molecule has 0 amide bonds. The molecule has 1 N–H and O–H groups in total. The fourth-order valence-electron chi connectivity index (χ4n) is 2.69. The maximum atomic E-state index is 12.5. The zero-order chi connectivity index (χ0) is 20.4. The molecule has 1 aliphatic carbocycles. The maximum absolute atomic E-state index is 12.5. The Balaban J connectivity index is 2.33. The number of alkyl halides is 6. The Bertz CT molecular complexity index is 698. The minimum Gasteiger partial charge on any atom is -0.611 e. The van der Waals surface area contributed by atoms with E-state index in [2.05, 4.69) is 10.3 Å². The molecule has 1 saturated carbocycles. The summed E-state index contributed by atoms with van der Waals surface area (Å²) >= 11 is -2.31. The molecular weight excluding hydrogens is 394 g/mol. The van der Waals surface area contributed by atoms with Gasteiger partial charge in [-0.3, -0.25) is 0 Å². The van der Waals surface area contributed by atoms with Gasteiger partial charge < -0.3 is 9.87 Å². The van der Waals surface area contributed by atoms with Crippen molar-refractivity contribution in [1.29, 1.82) is 0 Å². The Labute approximate surface area is 156 Å². The van der Waals surface area contributed by atoms with Crippen LogP contribution in [0.1, 0.15) is 30.4 Å². The van der Waals surface area contributed by atoms with E-state index in [-0.39, 0.29) is 22.3 Å². The van der Waals surface area contributed by atoms with E-state index in [1.165, 1.54) is 6.07 Å². The summed E-state index contributed by atoms with van der Waals surface area (Å²) in [6.45, 7) is 1.96. The maximum Gasteiger partial charge on any atom is 0.433 e. The van der Waals surface area contributed by atoms with Crippen LogP contribution in [0.15, 0.2) is 22.0 Å². The monoisotopic (exact) mass is 414 g/mol. The van der Waals surface area contributed by atoms with Gasteiger partial charge in [0, 0.05) is 17.5 Å². The number of aryl methyl sites for hydroxylation is 2. The summed E-state index contributed by atoms with van der Waals surface area (Å²) in [5.41, 5.74) is 1.23. The van der Waals surface area contributed by atoms with E-state index < -0.39 is 35.8 Å². The molecule has 10 heteroatoms. The minimum atomic E-state index is -4.59. The second kappa shape index (κ2) is 8.30. The third kappa shape index (κ3) is 6.60. The summed E-state index contributed by atoms with van der Waals surface area (Å²) in [4.78, 5) is 4.24. The van der Waals surface area contributed by atoms with E-state index in [4.69, 9.17) is 0 Å². The number of hydrogen-bond acceptors (Lipinski definition) is 2. The number of nitrogens with one attached hydrogen (secondary N) is 1. The summed E-state index contributed by atoms with van der Waals surface area (Å²) in [5, 5.41) is 2.31. The summed E-state index contributed by atoms with van der Waals surface area (Å²) in [6, 6.07) is 2.82. The molecule has 1 aromatic rings. The lowest BCUT2D eigenvalue weighted by molar-refractivity contribution is -0.122. The van der Waals surface area contributed by atoms with Crippen LogP contribution in [0.5, 0.6) is 0 Å². The Kier molecular flexibility index (Phi) is 6.72. The zero-order valence-electron chi connectivity index (χ0n) is 14.8. The number of hydrogen-bond donors (Lipinski definition) is 1. The molecule has 1 fully saturated rings. The van der Waals surface area contributed by atoms with Crippen molar-refractivity contribution in [2.75, 3.05) is 12.3 Å². The Morgan fingerprint density at radius 3 is 2.22 bits per heavy atom. The van der Waals surface area contributed by atoms with Crippen LogP contribution in [0.3, 0.4) is 0 Å². The average Bonchev–Trinajstić information content (AvgIpc) is 2.42. The van der Waals surface area contributed by atoms with Gasteiger partial charge in [0.2, 0.25) is 5.75 Å². The van der Waals surface area contributed by atoms with Crippen LogP contribution in [0, 0.1) is 19.8 Å². The molecule has 0 aromatic heterocycles. The molecule has 0 radical (unpaired) electrons. The van der Waals surface area contributed by atoms with Crippen LogP contribution in [0.2, 0.25) is 0 Å². The van der Waals surface area contributed by atoms with Gasteiger partial charge >= 0.3 is 12.4 Å². The van der Waals surface area contributed by atoms with Crippen molar-refractivity contribution in [2.24, 2.45) is 10.9 Å². The standard InChI is InChI=1S/C17H20F6N2OS/c1-10-6-11(2)14(27(26)9-17(21,22)23)7-13(10)25-15(12-4-3-5-12)24-8-16(18,19)20/h6-7,12H,3-5,8-9H2,1-2H3,(H,24,25). The highest BCUT2D eigenvalue weighted by molar-refractivity contribution is 7.91. The molecule has 3 nitrogen and oxygen atoms in total. The fraction of sp³-hybridized carbons (Fsp3) is 0.588. The second-order valence-corrected chi connectivity index (χ2v) is 8.02. The first-order valence-electron chi connectivity index (χ1n) is 8.31. The largest absolute Gasteiger partial charge is 0.611 e. The van der Waals surface area contributed by atoms with Gasteiger partial charge in [-0.25, -0.2) is 4.99 Å². The first kappa shape index (κ1) is 21.9. The van der Waals surface area contributed by atoms with Crippen LogP contribution in [0.4, 0.5) is 32.0 Å². The predicted octanol–water partition coefficient (Wildman–Crippen LogP) is 4.96. The Hall–Kier alpha value is -1.42. The highest BCUT2D eigenvalue weighted by Gasteiger charge is 2.36. The van der Waals surface area contributed by atoms with Crippen LogP contribution >= 0.6 is 0 Å². The van der Waals surface area contributed by atoms with Gasteiger partial charge in [0.25, 0.3) is 0 Å².